The fourth-order valence-electron chi connectivity index (χ4n) is 8.92. The van der Waals surface area contributed by atoms with Gasteiger partial charge in [-0.2, -0.15) is 0 Å². The fourth-order valence-corrected chi connectivity index (χ4v) is 8.92. The molecule has 10 rings (SSSR count). The first kappa shape index (κ1) is 35.2. The topological polar surface area (TPSA) is 3.24 Å². The Labute approximate surface area is 342 Å². The molecule has 58 heavy (non-hydrogen) atoms. The maximum absolute atomic E-state index is 2.41. The van der Waals surface area contributed by atoms with E-state index in [1.165, 1.54) is 77.9 Å². The SMILES string of the molecule is CC1(C)c2ccccc2-c2ccc(-c3ccc(N(c4ccc(-c5ccccc5)cc4)c4ccc(-c5ccccc5-c5ccccc5)c(-c5ccccc5)c4)cc3)cc21. The lowest BCUT2D eigenvalue weighted by Gasteiger charge is -2.27. The van der Waals surface area contributed by atoms with E-state index in [0.29, 0.717) is 0 Å². The molecule has 0 N–H and O–H groups in total. The van der Waals surface area contributed by atoms with Crippen LogP contribution < -0.4 is 4.90 Å². The van der Waals surface area contributed by atoms with Gasteiger partial charge in [-0.15, -0.1) is 0 Å². The van der Waals surface area contributed by atoms with Crippen LogP contribution in [-0.2, 0) is 5.41 Å². The Kier molecular flexibility index (Phi) is 8.92. The molecule has 0 unspecified atom stereocenters. The first-order chi connectivity index (χ1) is 28.5. The Hall–Kier alpha value is -7.22. The van der Waals surface area contributed by atoms with Gasteiger partial charge in [0.15, 0.2) is 0 Å². The molecular formula is C57H43N. The summed E-state index contributed by atoms with van der Waals surface area (Å²) in [5, 5.41) is 0. The van der Waals surface area contributed by atoms with E-state index < -0.39 is 0 Å². The maximum Gasteiger partial charge on any atom is 0.0468 e. The predicted molar refractivity (Wildman–Crippen MR) is 246 cm³/mol. The quantitative estimate of drug-likeness (QED) is 0.150. The smallest absolute Gasteiger partial charge is 0.0468 e. The molecule has 0 heterocycles. The number of hydrogen-bond donors (Lipinski definition) is 0. The van der Waals surface area contributed by atoms with E-state index in [1.54, 1.807) is 0 Å². The Balaban J connectivity index is 1.09. The molecule has 1 aliphatic carbocycles. The fraction of sp³-hybridized carbons (Fsp3) is 0.0526. The van der Waals surface area contributed by atoms with Gasteiger partial charge in [0, 0.05) is 22.5 Å². The zero-order valence-electron chi connectivity index (χ0n) is 32.8. The third kappa shape index (κ3) is 6.32. The number of benzene rings is 9. The van der Waals surface area contributed by atoms with Crippen LogP contribution in [0.5, 0.6) is 0 Å². The second-order valence-electron chi connectivity index (χ2n) is 15.7. The lowest BCUT2D eigenvalue weighted by atomic mass is 9.81. The molecule has 0 bridgehead atoms. The molecule has 0 saturated carbocycles. The van der Waals surface area contributed by atoms with E-state index >= 15 is 0 Å². The third-order valence-electron chi connectivity index (χ3n) is 11.9. The molecule has 1 aliphatic rings. The molecule has 0 spiro atoms. The first-order valence-corrected chi connectivity index (χ1v) is 20.2. The second kappa shape index (κ2) is 14.7. The van der Waals surface area contributed by atoms with Crippen LogP contribution in [0, 0.1) is 0 Å². The minimum Gasteiger partial charge on any atom is -0.310 e. The van der Waals surface area contributed by atoms with Crippen LogP contribution in [0.25, 0.3) is 66.8 Å². The van der Waals surface area contributed by atoms with Crippen LogP contribution >= 0.6 is 0 Å². The summed E-state index contributed by atoms with van der Waals surface area (Å²) in [6.45, 7) is 4.70. The van der Waals surface area contributed by atoms with Crippen molar-refractivity contribution in [3.05, 3.63) is 236 Å². The van der Waals surface area contributed by atoms with Gasteiger partial charge in [0.1, 0.15) is 0 Å². The third-order valence-corrected chi connectivity index (χ3v) is 11.9. The van der Waals surface area contributed by atoms with Crippen molar-refractivity contribution in [3.63, 3.8) is 0 Å². The van der Waals surface area contributed by atoms with Crippen molar-refractivity contribution in [2.24, 2.45) is 0 Å². The Bertz CT molecular complexity index is 2870. The summed E-state index contributed by atoms with van der Waals surface area (Å²) in [7, 11) is 0. The summed E-state index contributed by atoms with van der Waals surface area (Å²) < 4.78 is 0. The zero-order chi connectivity index (χ0) is 39.1. The van der Waals surface area contributed by atoms with Crippen LogP contribution in [0.2, 0.25) is 0 Å². The molecule has 0 aliphatic heterocycles. The van der Waals surface area contributed by atoms with E-state index in [9.17, 15) is 0 Å². The van der Waals surface area contributed by atoms with Crippen molar-refractivity contribution in [3.8, 4) is 66.8 Å². The monoisotopic (exact) mass is 741 g/mol. The first-order valence-electron chi connectivity index (χ1n) is 20.2. The summed E-state index contributed by atoms with van der Waals surface area (Å²) >= 11 is 0. The standard InChI is InChI=1S/C57H43N/c1-57(2)55-25-15-14-24-52(55)53-36-30-45(38-56(53)57)42-28-33-47(34-29-42)58(46-31-26-41(27-32-46)40-16-6-3-7-17-40)48-35-37-51(54(39-48)44-20-10-5-11-21-44)50-23-13-12-22-49(50)43-18-8-4-9-19-43/h3-39H,1-2H3. The Morgan fingerprint density at radius 2 is 0.655 bits per heavy atom. The molecule has 1 heteroatoms. The Morgan fingerprint density at radius 1 is 0.259 bits per heavy atom. The van der Waals surface area contributed by atoms with Crippen LogP contribution in [0.4, 0.5) is 17.1 Å². The van der Waals surface area contributed by atoms with Gasteiger partial charge in [0.25, 0.3) is 0 Å². The lowest BCUT2D eigenvalue weighted by Crippen LogP contribution is -2.14. The summed E-state index contributed by atoms with van der Waals surface area (Å²) in [4.78, 5) is 2.39. The molecule has 0 atom stereocenters. The number of rotatable bonds is 8. The average molecular weight is 742 g/mol. The van der Waals surface area contributed by atoms with Gasteiger partial charge in [-0.05, 0) is 120 Å². The largest absolute Gasteiger partial charge is 0.310 e. The van der Waals surface area contributed by atoms with Gasteiger partial charge in [-0.3, -0.25) is 0 Å². The van der Waals surface area contributed by atoms with Crippen LogP contribution in [0.3, 0.4) is 0 Å². The summed E-state index contributed by atoms with van der Waals surface area (Å²) in [5.41, 5.74) is 20.8. The molecule has 9 aromatic carbocycles. The summed E-state index contributed by atoms with van der Waals surface area (Å²) in [6.07, 6.45) is 0. The van der Waals surface area contributed by atoms with E-state index in [1.807, 2.05) is 0 Å². The Morgan fingerprint density at radius 3 is 1.28 bits per heavy atom. The highest BCUT2D eigenvalue weighted by Gasteiger charge is 2.35. The molecule has 276 valence electrons. The molecule has 0 fully saturated rings. The van der Waals surface area contributed by atoms with Crippen molar-refractivity contribution in [1.82, 2.24) is 0 Å². The summed E-state index contributed by atoms with van der Waals surface area (Å²) in [6, 6.07) is 81.7. The van der Waals surface area contributed by atoms with Gasteiger partial charge in [-0.25, -0.2) is 0 Å². The molecule has 0 amide bonds. The van der Waals surface area contributed by atoms with Gasteiger partial charge in [0.05, 0.1) is 0 Å². The highest BCUT2D eigenvalue weighted by molar-refractivity contribution is 5.94. The van der Waals surface area contributed by atoms with Crippen molar-refractivity contribution in [2.75, 3.05) is 4.90 Å². The average Bonchev–Trinajstić information content (AvgIpc) is 3.53. The van der Waals surface area contributed by atoms with Crippen molar-refractivity contribution >= 4 is 17.1 Å². The van der Waals surface area contributed by atoms with Crippen LogP contribution in [0.15, 0.2) is 224 Å². The maximum atomic E-state index is 2.41. The number of fused-ring (bicyclic) bond motifs is 3. The van der Waals surface area contributed by atoms with Gasteiger partial charge < -0.3 is 4.90 Å². The van der Waals surface area contributed by atoms with E-state index in [0.717, 1.165) is 17.1 Å². The van der Waals surface area contributed by atoms with Crippen LogP contribution in [-0.4, -0.2) is 0 Å². The number of nitrogens with zero attached hydrogens (tertiary/aromatic N) is 1. The highest BCUT2D eigenvalue weighted by atomic mass is 15.1. The van der Waals surface area contributed by atoms with Crippen LogP contribution in [0.1, 0.15) is 25.0 Å². The van der Waals surface area contributed by atoms with E-state index in [-0.39, 0.29) is 5.41 Å². The molecular weight excluding hydrogens is 699 g/mol. The van der Waals surface area contributed by atoms with Crippen molar-refractivity contribution in [2.45, 2.75) is 19.3 Å². The van der Waals surface area contributed by atoms with Crippen molar-refractivity contribution < 1.29 is 0 Å². The molecule has 0 aromatic heterocycles. The number of anilines is 3. The van der Waals surface area contributed by atoms with E-state index in [2.05, 4.69) is 243 Å². The van der Waals surface area contributed by atoms with Crippen molar-refractivity contribution in [1.29, 1.82) is 0 Å². The minimum absolute atomic E-state index is 0.0468. The van der Waals surface area contributed by atoms with Gasteiger partial charge in [-0.1, -0.05) is 196 Å². The molecule has 0 radical (unpaired) electrons. The lowest BCUT2D eigenvalue weighted by molar-refractivity contribution is 0.660. The molecule has 0 saturated heterocycles. The normalized spacial score (nSPS) is 12.4. The minimum atomic E-state index is -0.0468. The highest BCUT2D eigenvalue weighted by Crippen LogP contribution is 2.50. The van der Waals surface area contributed by atoms with E-state index in [4.69, 9.17) is 0 Å². The predicted octanol–water partition coefficient (Wildman–Crippen LogP) is 15.8. The molecule has 1 nitrogen and oxygen atoms in total. The molecule has 9 aromatic rings. The van der Waals surface area contributed by atoms with Gasteiger partial charge >= 0.3 is 0 Å². The van der Waals surface area contributed by atoms with Gasteiger partial charge in [0.2, 0.25) is 0 Å². The second-order valence-corrected chi connectivity index (χ2v) is 15.7. The zero-order valence-corrected chi connectivity index (χ0v) is 32.8. The number of hydrogen-bond acceptors (Lipinski definition) is 1. The summed E-state index contributed by atoms with van der Waals surface area (Å²) in [5.74, 6) is 0.